The molecule has 0 bridgehead atoms. The van der Waals surface area contributed by atoms with E-state index < -0.39 is 101 Å². The maximum Gasteiger partial charge on any atom is 0.486 e. The molecule has 0 saturated carbocycles. The van der Waals surface area contributed by atoms with Gasteiger partial charge in [-0.1, -0.05) is 0 Å². The smallest absolute Gasteiger partial charge is 0.394 e. The highest BCUT2D eigenvalue weighted by Crippen LogP contribution is 2.62. The molecule has 0 aromatic carbocycles. The average molecular weight is 607 g/mol. The fourth-order valence-corrected chi connectivity index (χ4v) is 5.99. The SMILES string of the molecule is CC(=O)N[C@H]1[C@H](O[P@](=O)(OC[C@H]2O[C@@H](n3ccc(=O)[nH]c3=O)[C@H](O)[C@@H]2O)OP(=O)(O)O)O[C@H](CO)[C@@H](O)[C@@H]1O. The molecular formula is C17H27N3O17P2. The van der Waals surface area contributed by atoms with Gasteiger partial charge in [-0.15, -0.1) is 0 Å². The van der Waals surface area contributed by atoms with Gasteiger partial charge in [-0.3, -0.25) is 28.2 Å². The molecule has 3 rings (SSSR count). The number of ether oxygens (including phenoxy) is 2. The minimum absolute atomic E-state index is 0.715. The summed E-state index contributed by atoms with van der Waals surface area (Å²) in [6, 6.07) is -0.797. The van der Waals surface area contributed by atoms with Gasteiger partial charge in [0.05, 0.1) is 13.2 Å². The molecule has 20 nitrogen and oxygen atoms in total. The molecule has 2 saturated heterocycles. The average Bonchev–Trinajstić information content (AvgIpc) is 3.09. The standard InChI is InChI=1S/C17H27N3O17P2/c1-6(22)18-10-13(26)11(24)7(4-21)35-16(10)36-39(32,37-38(29,30)31)33-5-8-12(25)14(27)15(34-8)20-3-2-9(23)19-17(20)28/h2-3,7-8,10-16,21,24-27H,4-5H2,1H3,(H,18,22)(H,19,23,28)(H2,29,30,31)/t7-,8-,10-,11-,12-,13-,14-,15-,16+,39+/m1/s1. The van der Waals surface area contributed by atoms with Crippen molar-refractivity contribution in [3.8, 4) is 0 Å². The molecule has 0 spiro atoms. The lowest BCUT2D eigenvalue weighted by atomic mass is 9.97. The van der Waals surface area contributed by atoms with E-state index in [1.807, 2.05) is 4.98 Å². The molecule has 9 N–H and O–H groups in total. The quantitative estimate of drug-likeness (QED) is 0.113. The number of nitrogens with one attached hydrogen (secondary N) is 2. The van der Waals surface area contributed by atoms with Crippen LogP contribution in [-0.4, -0.2) is 113 Å². The first-order valence-corrected chi connectivity index (χ1v) is 14.0. The third-order valence-corrected chi connectivity index (χ3v) is 8.13. The molecule has 1 aromatic heterocycles. The molecule has 2 aliphatic rings. The summed E-state index contributed by atoms with van der Waals surface area (Å²) in [4.78, 5) is 55.3. The van der Waals surface area contributed by atoms with Gasteiger partial charge in [-0.2, -0.15) is 4.31 Å². The number of aromatic nitrogens is 2. The van der Waals surface area contributed by atoms with Crippen LogP contribution in [0.25, 0.3) is 0 Å². The van der Waals surface area contributed by atoms with Crippen LogP contribution in [0.3, 0.4) is 0 Å². The number of carbonyl (C=O) groups excluding carboxylic acids is 1. The zero-order chi connectivity index (χ0) is 29.3. The van der Waals surface area contributed by atoms with Gasteiger partial charge in [0.1, 0.15) is 42.7 Å². The zero-order valence-corrected chi connectivity index (χ0v) is 21.6. The Morgan fingerprint density at radius 3 is 2.28 bits per heavy atom. The monoisotopic (exact) mass is 607 g/mol. The number of aliphatic hydroxyl groups excluding tert-OH is 5. The highest BCUT2D eigenvalue weighted by atomic mass is 31.3. The molecule has 22 heteroatoms. The molecule has 222 valence electrons. The molecule has 0 aliphatic carbocycles. The van der Waals surface area contributed by atoms with Crippen LogP contribution in [0.4, 0.5) is 0 Å². The molecule has 0 radical (unpaired) electrons. The van der Waals surface area contributed by atoms with Crippen LogP contribution >= 0.6 is 15.6 Å². The topological polar surface area (TPSA) is 306 Å². The van der Waals surface area contributed by atoms with E-state index >= 15 is 0 Å². The van der Waals surface area contributed by atoms with E-state index in [1.165, 1.54) is 0 Å². The Kier molecular flexibility index (Phi) is 10.0. The van der Waals surface area contributed by atoms with Gasteiger partial charge in [0.15, 0.2) is 12.5 Å². The molecule has 3 heterocycles. The van der Waals surface area contributed by atoms with Crippen LogP contribution in [0.5, 0.6) is 0 Å². The number of carbonyl (C=O) groups is 1. The van der Waals surface area contributed by atoms with Crippen LogP contribution in [0, 0.1) is 0 Å². The number of nitrogens with zero attached hydrogens (tertiary/aromatic N) is 1. The van der Waals surface area contributed by atoms with E-state index in [1.54, 1.807) is 0 Å². The first kappa shape index (κ1) is 31.7. The Morgan fingerprint density at radius 2 is 1.72 bits per heavy atom. The summed E-state index contributed by atoms with van der Waals surface area (Å²) in [7, 11) is -11.1. The number of aromatic amines is 1. The molecular weight excluding hydrogens is 580 g/mol. The minimum Gasteiger partial charge on any atom is -0.394 e. The number of H-pyrrole nitrogens is 1. The second-order valence-electron chi connectivity index (χ2n) is 8.42. The Labute approximate surface area is 217 Å². The summed E-state index contributed by atoms with van der Waals surface area (Å²) < 4.78 is 50.1. The summed E-state index contributed by atoms with van der Waals surface area (Å²) in [6.07, 6.45) is -13.3. The third-order valence-electron chi connectivity index (χ3n) is 5.55. The Balaban J connectivity index is 1.83. The van der Waals surface area contributed by atoms with E-state index in [9.17, 15) is 58.8 Å². The van der Waals surface area contributed by atoms with Gasteiger partial charge in [0.25, 0.3) is 5.56 Å². The maximum atomic E-state index is 13.2. The molecule has 10 atom stereocenters. The number of hydrogen-bond acceptors (Lipinski definition) is 15. The van der Waals surface area contributed by atoms with Gasteiger partial charge in [0.2, 0.25) is 5.91 Å². The second-order valence-corrected chi connectivity index (χ2v) is 11.4. The van der Waals surface area contributed by atoms with Crippen LogP contribution in [-0.2, 0) is 36.8 Å². The summed E-state index contributed by atoms with van der Waals surface area (Å²) in [6.45, 7) is -0.984. The van der Waals surface area contributed by atoms with E-state index in [-0.39, 0.29) is 0 Å². The summed E-state index contributed by atoms with van der Waals surface area (Å²) in [5.74, 6) is -0.808. The van der Waals surface area contributed by atoms with Crippen molar-refractivity contribution in [2.45, 2.75) is 62.1 Å². The molecule has 1 aromatic rings. The summed E-state index contributed by atoms with van der Waals surface area (Å²) in [5.41, 5.74) is -1.78. The van der Waals surface area contributed by atoms with Crippen molar-refractivity contribution >= 4 is 21.6 Å². The maximum absolute atomic E-state index is 13.2. The van der Waals surface area contributed by atoms with Crippen molar-refractivity contribution in [1.29, 1.82) is 0 Å². The molecule has 39 heavy (non-hydrogen) atoms. The van der Waals surface area contributed by atoms with Crippen molar-refractivity contribution in [2.75, 3.05) is 13.2 Å². The Morgan fingerprint density at radius 1 is 1.08 bits per heavy atom. The van der Waals surface area contributed by atoms with E-state index in [4.69, 9.17) is 18.5 Å². The van der Waals surface area contributed by atoms with Crippen LogP contribution in [0.1, 0.15) is 13.2 Å². The van der Waals surface area contributed by atoms with Crippen molar-refractivity contribution in [1.82, 2.24) is 14.9 Å². The number of phosphoric acid groups is 2. The molecule has 2 fully saturated rings. The predicted octanol–water partition coefficient (Wildman–Crippen LogP) is -4.65. The first-order valence-electron chi connectivity index (χ1n) is 11.0. The van der Waals surface area contributed by atoms with Crippen molar-refractivity contribution in [2.24, 2.45) is 0 Å². The second kappa shape index (κ2) is 12.3. The van der Waals surface area contributed by atoms with Gasteiger partial charge in [-0.25, -0.2) is 13.9 Å². The Hall–Kier alpha value is -1.87. The predicted molar refractivity (Wildman–Crippen MR) is 120 cm³/mol. The fraction of sp³-hybridized carbons (Fsp3) is 0.706. The lowest BCUT2D eigenvalue weighted by Crippen LogP contribution is -2.64. The first-order chi connectivity index (χ1) is 18.0. The number of amides is 1. The lowest BCUT2D eigenvalue weighted by Gasteiger charge is -2.42. The summed E-state index contributed by atoms with van der Waals surface area (Å²) >= 11 is 0. The van der Waals surface area contributed by atoms with Crippen LogP contribution in [0.15, 0.2) is 21.9 Å². The highest BCUT2D eigenvalue weighted by molar-refractivity contribution is 7.61. The number of rotatable bonds is 10. The van der Waals surface area contributed by atoms with Gasteiger partial charge in [-0.05, 0) is 0 Å². The zero-order valence-electron chi connectivity index (χ0n) is 19.8. The number of aliphatic hydroxyl groups is 5. The number of hydrogen-bond donors (Lipinski definition) is 9. The lowest BCUT2D eigenvalue weighted by molar-refractivity contribution is -0.248. The number of phosphoric ester groups is 1. The van der Waals surface area contributed by atoms with Crippen molar-refractivity contribution in [3.63, 3.8) is 0 Å². The molecule has 0 unspecified atom stereocenters. The summed E-state index contributed by atoms with van der Waals surface area (Å²) in [5, 5.41) is 52.6. The Bertz CT molecular complexity index is 1230. The van der Waals surface area contributed by atoms with E-state index in [0.717, 1.165) is 19.2 Å². The minimum atomic E-state index is -5.66. The molecule has 2 aliphatic heterocycles. The fourth-order valence-electron chi connectivity index (χ4n) is 3.78. The molecule has 1 amide bonds. The largest absolute Gasteiger partial charge is 0.486 e. The third kappa shape index (κ3) is 7.66. The van der Waals surface area contributed by atoms with Crippen LogP contribution < -0.4 is 16.6 Å². The highest BCUT2D eigenvalue weighted by Gasteiger charge is 2.51. The van der Waals surface area contributed by atoms with E-state index in [0.29, 0.717) is 4.57 Å². The van der Waals surface area contributed by atoms with Gasteiger partial charge < -0.3 is 50.1 Å². The normalized spacial score (nSPS) is 34.9. The van der Waals surface area contributed by atoms with Crippen molar-refractivity contribution in [3.05, 3.63) is 33.1 Å². The van der Waals surface area contributed by atoms with Crippen molar-refractivity contribution < 1.29 is 72.1 Å². The van der Waals surface area contributed by atoms with Crippen LogP contribution in [0.2, 0.25) is 0 Å². The van der Waals surface area contributed by atoms with Gasteiger partial charge in [0, 0.05) is 19.2 Å². The van der Waals surface area contributed by atoms with E-state index in [2.05, 4.69) is 9.63 Å². The van der Waals surface area contributed by atoms with Gasteiger partial charge >= 0.3 is 21.3 Å².